The number of aryl methyl sites for hydroxylation is 1. The van der Waals surface area contributed by atoms with Gasteiger partial charge >= 0.3 is 0 Å². The van der Waals surface area contributed by atoms with E-state index < -0.39 is 5.54 Å². The quantitative estimate of drug-likeness (QED) is 0.866. The van der Waals surface area contributed by atoms with Gasteiger partial charge in [-0.25, -0.2) is 0 Å². The van der Waals surface area contributed by atoms with Crippen LogP contribution in [0, 0.1) is 0 Å². The summed E-state index contributed by atoms with van der Waals surface area (Å²) < 4.78 is 2.25. The van der Waals surface area contributed by atoms with Crippen molar-refractivity contribution in [3.05, 3.63) is 16.4 Å². The lowest BCUT2D eigenvalue weighted by molar-refractivity contribution is 0.0914. The van der Waals surface area contributed by atoms with E-state index in [-0.39, 0.29) is 5.91 Å². The Morgan fingerprint density at radius 1 is 1.73 bits per heavy atom. The zero-order chi connectivity index (χ0) is 11.6. The zero-order valence-corrected chi connectivity index (χ0v) is 11.2. The van der Waals surface area contributed by atoms with Crippen molar-refractivity contribution in [2.75, 3.05) is 5.88 Å². The first-order valence-corrected chi connectivity index (χ1v) is 5.76. The van der Waals surface area contributed by atoms with Crippen molar-refractivity contribution in [3.8, 4) is 0 Å². The first-order chi connectivity index (χ1) is 6.85. The number of hydrogen-bond acceptors (Lipinski definition) is 2. The molecule has 1 rings (SSSR count). The Bertz CT molecular complexity index is 375. The molecule has 0 aliphatic rings. The van der Waals surface area contributed by atoms with Crippen LogP contribution in [-0.2, 0) is 7.05 Å². The van der Waals surface area contributed by atoms with Gasteiger partial charge in [0, 0.05) is 24.7 Å². The second-order valence-corrected chi connectivity index (χ2v) is 5.09. The van der Waals surface area contributed by atoms with Gasteiger partial charge in [0.2, 0.25) is 0 Å². The Hall–Kier alpha value is -0.550. The van der Waals surface area contributed by atoms with E-state index >= 15 is 0 Å². The van der Waals surface area contributed by atoms with Crippen molar-refractivity contribution in [1.29, 1.82) is 0 Å². The molecule has 0 aliphatic heterocycles. The fourth-order valence-corrected chi connectivity index (χ4v) is 1.64. The number of rotatable bonds is 3. The Morgan fingerprint density at radius 3 is 2.73 bits per heavy atom. The van der Waals surface area contributed by atoms with Crippen LogP contribution >= 0.6 is 27.5 Å². The summed E-state index contributed by atoms with van der Waals surface area (Å²) >= 11 is 8.99. The van der Waals surface area contributed by atoms with Gasteiger partial charge in [0.1, 0.15) is 0 Å². The molecule has 84 valence electrons. The van der Waals surface area contributed by atoms with Crippen LogP contribution in [-0.4, -0.2) is 27.1 Å². The molecule has 0 atom stereocenters. The van der Waals surface area contributed by atoms with E-state index in [1.54, 1.807) is 17.9 Å². The molecule has 1 N–H and O–H groups in total. The minimum Gasteiger partial charge on any atom is -0.345 e. The number of amides is 1. The highest BCUT2D eigenvalue weighted by atomic mass is 79.9. The van der Waals surface area contributed by atoms with Crippen molar-refractivity contribution in [1.82, 2.24) is 15.1 Å². The number of nitrogens with zero attached hydrogens (tertiary/aromatic N) is 2. The average molecular weight is 295 g/mol. The zero-order valence-electron chi connectivity index (χ0n) is 8.84. The third-order valence-electron chi connectivity index (χ3n) is 1.79. The molecular weight excluding hydrogens is 281 g/mol. The normalized spacial score (nSPS) is 11.5. The molecule has 0 fully saturated rings. The third-order valence-corrected chi connectivity index (χ3v) is 3.03. The van der Waals surface area contributed by atoms with Crippen LogP contribution in [0.25, 0.3) is 0 Å². The van der Waals surface area contributed by atoms with Crippen molar-refractivity contribution in [2.24, 2.45) is 7.05 Å². The molecule has 1 aromatic heterocycles. The molecule has 0 spiro atoms. The molecular formula is C9H13BrClN3O. The molecule has 0 unspecified atom stereocenters. The molecule has 4 nitrogen and oxygen atoms in total. The minimum atomic E-state index is -0.435. The van der Waals surface area contributed by atoms with Crippen LogP contribution in [0.15, 0.2) is 10.7 Å². The predicted octanol–water partition coefficient (Wildman–Crippen LogP) is 1.93. The maximum Gasteiger partial charge on any atom is 0.273 e. The number of halogens is 2. The fraction of sp³-hybridized carbons (Fsp3) is 0.556. The van der Waals surface area contributed by atoms with Crippen molar-refractivity contribution in [3.63, 3.8) is 0 Å². The van der Waals surface area contributed by atoms with Gasteiger partial charge < -0.3 is 5.32 Å². The Labute approximate surface area is 102 Å². The summed E-state index contributed by atoms with van der Waals surface area (Å²) in [6.45, 7) is 3.71. The summed E-state index contributed by atoms with van der Waals surface area (Å²) in [7, 11) is 1.76. The van der Waals surface area contributed by atoms with Gasteiger partial charge in [-0.1, -0.05) is 0 Å². The van der Waals surface area contributed by atoms with Gasteiger partial charge in [-0.15, -0.1) is 11.6 Å². The number of carbonyl (C=O) groups is 1. The monoisotopic (exact) mass is 293 g/mol. The van der Waals surface area contributed by atoms with Gasteiger partial charge in [0.05, 0.1) is 4.47 Å². The molecule has 0 aliphatic carbocycles. The van der Waals surface area contributed by atoms with Gasteiger partial charge in [-0.2, -0.15) is 5.10 Å². The second-order valence-electron chi connectivity index (χ2n) is 3.97. The summed E-state index contributed by atoms with van der Waals surface area (Å²) in [4.78, 5) is 11.8. The van der Waals surface area contributed by atoms with Crippen LogP contribution in [0.1, 0.15) is 24.3 Å². The standard InChI is InChI=1S/C9H13BrClN3O/c1-9(2,5-11)12-8(15)7-6(10)4-14(3)13-7/h4H,5H2,1-3H3,(H,12,15). The molecule has 0 bridgehead atoms. The van der Waals surface area contributed by atoms with E-state index in [1.807, 2.05) is 13.8 Å². The summed E-state index contributed by atoms with van der Waals surface area (Å²) in [6, 6.07) is 0. The SMILES string of the molecule is Cn1cc(Br)c(C(=O)NC(C)(C)CCl)n1. The molecule has 0 saturated carbocycles. The topological polar surface area (TPSA) is 46.9 Å². The molecule has 0 radical (unpaired) electrons. The molecule has 15 heavy (non-hydrogen) atoms. The van der Waals surface area contributed by atoms with Crippen LogP contribution in [0.5, 0.6) is 0 Å². The van der Waals surface area contributed by atoms with E-state index in [4.69, 9.17) is 11.6 Å². The minimum absolute atomic E-state index is 0.229. The number of nitrogens with one attached hydrogen (secondary N) is 1. The van der Waals surface area contributed by atoms with Crippen LogP contribution < -0.4 is 5.32 Å². The summed E-state index contributed by atoms with van der Waals surface area (Å²) in [5, 5.41) is 6.84. The molecule has 0 saturated heterocycles. The van der Waals surface area contributed by atoms with E-state index in [1.165, 1.54) is 0 Å². The molecule has 0 aromatic carbocycles. The predicted molar refractivity (Wildman–Crippen MR) is 63.2 cm³/mol. The average Bonchev–Trinajstić information content (AvgIpc) is 2.45. The van der Waals surface area contributed by atoms with Crippen molar-refractivity contribution in [2.45, 2.75) is 19.4 Å². The van der Waals surface area contributed by atoms with Gasteiger partial charge in [0.15, 0.2) is 5.69 Å². The van der Waals surface area contributed by atoms with Crippen LogP contribution in [0.3, 0.4) is 0 Å². The van der Waals surface area contributed by atoms with Crippen molar-refractivity contribution < 1.29 is 4.79 Å². The van der Waals surface area contributed by atoms with E-state index in [2.05, 4.69) is 26.3 Å². The number of alkyl halides is 1. The highest BCUT2D eigenvalue weighted by Gasteiger charge is 2.22. The van der Waals surface area contributed by atoms with Gasteiger partial charge in [-0.3, -0.25) is 9.48 Å². The van der Waals surface area contributed by atoms with Crippen LogP contribution in [0.2, 0.25) is 0 Å². The van der Waals surface area contributed by atoms with Crippen molar-refractivity contribution >= 4 is 33.4 Å². The molecule has 1 amide bonds. The summed E-state index contributed by atoms with van der Waals surface area (Å²) in [5.74, 6) is 0.122. The lowest BCUT2D eigenvalue weighted by atomic mass is 10.1. The highest BCUT2D eigenvalue weighted by Crippen LogP contribution is 2.15. The molecule has 1 aromatic rings. The molecule has 1 heterocycles. The Morgan fingerprint density at radius 2 is 2.33 bits per heavy atom. The van der Waals surface area contributed by atoms with E-state index in [0.29, 0.717) is 16.0 Å². The Balaban J connectivity index is 2.82. The largest absolute Gasteiger partial charge is 0.345 e. The third kappa shape index (κ3) is 3.21. The van der Waals surface area contributed by atoms with E-state index in [0.717, 1.165) is 0 Å². The maximum absolute atomic E-state index is 11.8. The number of carbonyl (C=O) groups excluding carboxylic acids is 1. The van der Waals surface area contributed by atoms with Gasteiger partial charge in [0.25, 0.3) is 5.91 Å². The first-order valence-electron chi connectivity index (χ1n) is 4.43. The lowest BCUT2D eigenvalue weighted by Gasteiger charge is -2.22. The van der Waals surface area contributed by atoms with Crippen LogP contribution in [0.4, 0.5) is 0 Å². The van der Waals surface area contributed by atoms with Gasteiger partial charge in [-0.05, 0) is 29.8 Å². The fourth-order valence-electron chi connectivity index (χ4n) is 1.01. The van der Waals surface area contributed by atoms with E-state index in [9.17, 15) is 4.79 Å². The second kappa shape index (κ2) is 4.53. The summed E-state index contributed by atoms with van der Waals surface area (Å²) in [6.07, 6.45) is 1.72. The number of aromatic nitrogens is 2. The maximum atomic E-state index is 11.8. The number of hydrogen-bond donors (Lipinski definition) is 1. The Kier molecular flexibility index (Phi) is 3.78. The smallest absolute Gasteiger partial charge is 0.273 e. The molecule has 6 heteroatoms. The first kappa shape index (κ1) is 12.5. The highest BCUT2D eigenvalue weighted by molar-refractivity contribution is 9.10. The lowest BCUT2D eigenvalue weighted by Crippen LogP contribution is -2.45. The summed E-state index contributed by atoms with van der Waals surface area (Å²) in [5.41, 5.74) is -0.0639.